The summed E-state index contributed by atoms with van der Waals surface area (Å²) in [7, 11) is 1.60. The fourth-order valence-corrected chi connectivity index (χ4v) is 2.83. The van der Waals surface area contributed by atoms with Gasteiger partial charge in [0.2, 0.25) is 6.79 Å². The second kappa shape index (κ2) is 4.42. The molecule has 5 heteroatoms. The first-order valence-corrected chi connectivity index (χ1v) is 6.33. The molecule has 1 heterocycles. The maximum Gasteiger partial charge on any atom is 0.314 e. The van der Waals surface area contributed by atoms with Gasteiger partial charge >= 0.3 is 5.97 Å². The number of hydrogen-bond donors (Lipinski definition) is 1. The predicted octanol–water partition coefficient (Wildman–Crippen LogP) is 2.07. The van der Waals surface area contributed by atoms with Gasteiger partial charge in [-0.25, -0.2) is 0 Å². The maximum absolute atomic E-state index is 11.6. The van der Waals surface area contributed by atoms with Crippen molar-refractivity contribution in [1.29, 1.82) is 0 Å². The van der Waals surface area contributed by atoms with Crippen LogP contribution in [0.2, 0.25) is 0 Å². The van der Waals surface area contributed by atoms with Crippen LogP contribution in [0.15, 0.2) is 12.1 Å². The van der Waals surface area contributed by atoms with E-state index in [-0.39, 0.29) is 6.79 Å². The Bertz CT molecular complexity index is 519. The smallest absolute Gasteiger partial charge is 0.314 e. The molecule has 1 aliphatic carbocycles. The van der Waals surface area contributed by atoms with Gasteiger partial charge in [-0.05, 0) is 36.1 Å². The second-order valence-corrected chi connectivity index (χ2v) is 5.04. The molecule has 0 amide bonds. The molecule has 1 fully saturated rings. The van der Waals surface area contributed by atoms with Crippen LogP contribution in [0.25, 0.3) is 0 Å². The lowest BCUT2D eigenvalue weighted by Gasteiger charge is -2.39. The lowest BCUT2D eigenvalue weighted by molar-refractivity contribution is -0.147. The molecule has 2 aliphatic rings. The van der Waals surface area contributed by atoms with Gasteiger partial charge in [-0.3, -0.25) is 4.79 Å². The van der Waals surface area contributed by atoms with Crippen molar-refractivity contribution in [2.24, 2.45) is 0 Å². The molecule has 102 valence electrons. The predicted molar refractivity (Wildman–Crippen MR) is 66.4 cm³/mol. The molecule has 0 radical (unpaired) electrons. The Kier molecular flexibility index (Phi) is 2.86. The van der Waals surface area contributed by atoms with Crippen LogP contribution in [0, 0.1) is 0 Å². The molecule has 0 aromatic heterocycles. The summed E-state index contributed by atoms with van der Waals surface area (Å²) in [6.45, 7) is 0.562. The molecule has 5 nitrogen and oxygen atoms in total. The van der Waals surface area contributed by atoms with E-state index in [1.54, 1.807) is 7.11 Å². The Morgan fingerprint density at radius 3 is 2.58 bits per heavy atom. The Balaban J connectivity index is 2.10. The average Bonchev–Trinajstić information content (AvgIpc) is 2.74. The van der Waals surface area contributed by atoms with Crippen LogP contribution in [0.3, 0.4) is 0 Å². The zero-order valence-corrected chi connectivity index (χ0v) is 10.8. The van der Waals surface area contributed by atoms with Crippen LogP contribution in [0.5, 0.6) is 11.5 Å². The van der Waals surface area contributed by atoms with Gasteiger partial charge in [0, 0.05) is 7.11 Å². The number of ether oxygens (including phenoxy) is 3. The molecule has 0 unspecified atom stereocenters. The van der Waals surface area contributed by atoms with E-state index in [0.29, 0.717) is 30.9 Å². The number of aliphatic carboxylic acids is 1. The SMILES string of the molecule is COCc1cc2c(cc1C1(C(=O)O)CCC1)OCO2. The van der Waals surface area contributed by atoms with Gasteiger partial charge in [-0.1, -0.05) is 6.42 Å². The van der Waals surface area contributed by atoms with Crippen LogP contribution >= 0.6 is 0 Å². The van der Waals surface area contributed by atoms with Gasteiger partial charge in [0.25, 0.3) is 0 Å². The van der Waals surface area contributed by atoms with Crippen LogP contribution in [0.4, 0.5) is 0 Å². The van der Waals surface area contributed by atoms with Crippen LogP contribution in [0.1, 0.15) is 30.4 Å². The minimum absolute atomic E-state index is 0.186. The summed E-state index contributed by atoms with van der Waals surface area (Å²) in [6.07, 6.45) is 2.27. The molecular formula is C14H16O5. The summed E-state index contributed by atoms with van der Waals surface area (Å²) < 4.78 is 15.9. The standard InChI is InChI=1S/C14H16O5/c1-17-7-9-5-11-12(19-8-18-11)6-10(9)14(13(15)16)3-2-4-14/h5-6H,2-4,7-8H2,1H3,(H,15,16). The number of benzene rings is 1. The van der Waals surface area contributed by atoms with E-state index in [1.807, 2.05) is 12.1 Å². The highest BCUT2D eigenvalue weighted by molar-refractivity contribution is 5.83. The monoisotopic (exact) mass is 264 g/mol. The molecule has 0 bridgehead atoms. The van der Waals surface area contributed by atoms with E-state index >= 15 is 0 Å². The molecule has 0 atom stereocenters. The first-order chi connectivity index (χ1) is 9.17. The van der Waals surface area contributed by atoms with Crippen LogP contribution in [-0.2, 0) is 21.6 Å². The molecule has 1 aromatic rings. The van der Waals surface area contributed by atoms with E-state index < -0.39 is 11.4 Å². The van der Waals surface area contributed by atoms with Crippen molar-refractivity contribution in [3.8, 4) is 11.5 Å². The van der Waals surface area contributed by atoms with E-state index in [9.17, 15) is 9.90 Å². The van der Waals surface area contributed by atoms with Crippen LogP contribution in [-0.4, -0.2) is 25.0 Å². The van der Waals surface area contributed by atoms with Crippen molar-refractivity contribution in [2.75, 3.05) is 13.9 Å². The highest BCUT2D eigenvalue weighted by atomic mass is 16.7. The largest absolute Gasteiger partial charge is 0.481 e. The highest BCUT2D eigenvalue weighted by Gasteiger charge is 2.47. The third-order valence-corrected chi connectivity index (χ3v) is 4.03. The number of rotatable bonds is 4. The van der Waals surface area contributed by atoms with Crippen molar-refractivity contribution < 1.29 is 24.1 Å². The van der Waals surface area contributed by atoms with Crippen molar-refractivity contribution in [3.05, 3.63) is 23.3 Å². The Morgan fingerprint density at radius 2 is 2.05 bits per heavy atom. The number of carbonyl (C=O) groups is 1. The van der Waals surface area contributed by atoms with Crippen LogP contribution < -0.4 is 9.47 Å². The number of carboxylic acid groups (broad SMARTS) is 1. The quantitative estimate of drug-likeness (QED) is 0.901. The average molecular weight is 264 g/mol. The Morgan fingerprint density at radius 1 is 1.37 bits per heavy atom. The Labute approximate surface area is 111 Å². The topological polar surface area (TPSA) is 65.0 Å². The third-order valence-electron chi connectivity index (χ3n) is 4.03. The molecule has 1 saturated carbocycles. The maximum atomic E-state index is 11.6. The van der Waals surface area contributed by atoms with Gasteiger partial charge in [-0.2, -0.15) is 0 Å². The second-order valence-electron chi connectivity index (χ2n) is 5.04. The van der Waals surface area contributed by atoms with E-state index in [4.69, 9.17) is 14.2 Å². The third kappa shape index (κ3) is 1.76. The summed E-state index contributed by atoms with van der Waals surface area (Å²) in [5, 5.41) is 9.57. The van der Waals surface area contributed by atoms with Gasteiger partial charge in [0.1, 0.15) is 0 Å². The minimum atomic E-state index is -0.783. The molecule has 1 aromatic carbocycles. The first-order valence-electron chi connectivity index (χ1n) is 6.33. The molecule has 0 spiro atoms. The van der Waals surface area contributed by atoms with E-state index in [1.165, 1.54) is 0 Å². The molecule has 3 rings (SSSR count). The molecule has 0 saturated heterocycles. The van der Waals surface area contributed by atoms with Crippen molar-refractivity contribution in [1.82, 2.24) is 0 Å². The molecule has 1 aliphatic heterocycles. The van der Waals surface area contributed by atoms with Gasteiger partial charge in [0.05, 0.1) is 12.0 Å². The zero-order valence-electron chi connectivity index (χ0n) is 10.8. The number of hydrogen-bond acceptors (Lipinski definition) is 4. The molecule has 1 N–H and O–H groups in total. The van der Waals surface area contributed by atoms with Gasteiger partial charge < -0.3 is 19.3 Å². The van der Waals surface area contributed by atoms with Crippen molar-refractivity contribution in [3.63, 3.8) is 0 Å². The van der Waals surface area contributed by atoms with Gasteiger partial charge in [0.15, 0.2) is 11.5 Å². The summed E-state index contributed by atoms with van der Waals surface area (Å²) in [4.78, 5) is 11.6. The summed E-state index contributed by atoms with van der Waals surface area (Å²) in [5.41, 5.74) is 0.890. The van der Waals surface area contributed by atoms with Gasteiger partial charge in [-0.15, -0.1) is 0 Å². The lowest BCUT2D eigenvalue weighted by Crippen LogP contribution is -2.43. The summed E-state index contributed by atoms with van der Waals surface area (Å²) >= 11 is 0. The Hall–Kier alpha value is -1.75. The normalized spacial score (nSPS) is 19.0. The summed E-state index contributed by atoms with van der Waals surface area (Å²) in [6, 6.07) is 3.65. The number of fused-ring (bicyclic) bond motifs is 1. The van der Waals surface area contributed by atoms with E-state index in [2.05, 4.69) is 0 Å². The lowest BCUT2D eigenvalue weighted by atomic mass is 9.63. The minimum Gasteiger partial charge on any atom is -0.481 e. The van der Waals surface area contributed by atoms with E-state index in [0.717, 1.165) is 17.5 Å². The molecule has 19 heavy (non-hydrogen) atoms. The van der Waals surface area contributed by atoms with Crippen molar-refractivity contribution in [2.45, 2.75) is 31.3 Å². The van der Waals surface area contributed by atoms with Crippen molar-refractivity contribution >= 4 is 5.97 Å². The summed E-state index contributed by atoms with van der Waals surface area (Å²) in [5.74, 6) is 0.521. The zero-order chi connectivity index (χ0) is 13.5. The molecular weight excluding hydrogens is 248 g/mol. The fraction of sp³-hybridized carbons (Fsp3) is 0.500. The number of methoxy groups -OCH3 is 1. The highest BCUT2D eigenvalue weighted by Crippen LogP contribution is 2.48. The first kappa shape index (κ1) is 12.3. The fourth-order valence-electron chi connectivity index (χ4n) is 2.83. The number of carboxylic acids is 1.